The number of hydrogen-bond acceptors (Lipinski definition) is 3. The predicted molar refractivity (Wildman–Crippen MR) is 96.7 cm³/mol. The lowest BCUT2D eigenvalue weighted by atomic mass is 9.86. The lowest BCUT2D eigenvalue weighted by Crippen LogP contribution is -2.47. The van der Waals surface area contributed by atoms with E-state index in [-0.39, 0.29) is 12.1 Å². The number of carbonyl (C=O) groups excluding carboxylic acids is 1. The highest BCUT2D eigenvalue weighted by Gasteiger charge is 2.54. The van der Waals surface area contributed by atoms with Crippen LogP contribution in [-0.4, -0.2) is 41.2 Å². The quantitative estimate of drug-likeness (QED) is 0.911. The Morgan fingerprint density at radius 1 is 1.28 bits per heavy atom. The van der Waals surface area contributed by atoms with Gasteiger partial charge in [0.25, 0.3) is 0 Å². The number of nitrogens with zero attached hydrogens (tertiary/aromatic N) is 2. The van der Waals surface area contributed by atoms with Gasteiger partial charge in [-0.2, -0.15) is 0 Å². The van der Waals surface area contributed by atoms with Gasteiger partial charge in [-0.05, 0) is 37.7 Å². The van der Waals surface area contributed by atoms with Gasteiger partial charge in [0.2, 0.25) is 0 Å². The molecule has 0 bridgehead atoms. The Morgan fingerprint density at radius 2 is 2.04 bits per heavy atom. The van der Waals surface area contributed by atoms with E-state index in [1.807, 2.05) is 24.1 Å². The number of carbonyl (C=O) groups is 1. The van der Waals surface area contributed by atoms with Crippen molar-refractivity contribution in [2.24, 2.45) is 5.41 Å². The third-order valence-corrected chi connectivity index (χ3v) is 6.33. The van der Waals surface area contributed by atoms with E-state index >= 15 is 0 Å². The molecule has 0 radical (unpaired) electrons. The fourth-order valence-electron chi connectivity index (χ4n) is 4.55. The van der Waals surface area contributed by atoms with Crippen LogP contribution in [-0.2, 0) is 0 Å². The highest BCUT2D eigenvalue weighted by molar-refractivity contribution is 5.75. The van der Waals surface area contributed by atoms with Gasteiger partial charge < -0.3 is 15.0 Å². The molecule has 2 saturated carbocycles. The van der Waals surface area contributed by atoms with E-state index in [1.165, 1.54) is 38.5 Å². The zero-order valence-corrected chi connectivity index (χ0v) is 15.2. The Bertz CT molecular complexity index is 619. The number of aromatic nitrogens is 1. The maximum atomic E-state index is 12.6. The van der Waals surface area contributed by atoms with Crippen LogP contribution in [0.4, 0.5) is 4.79 Å². The first kappa shape index (κ1) is 16.7. The molecule has 1 atom stereocenters. The van der Waals surface area contributed by atoms with Gasteiger partial charge >= 0.3 is 6.03 Å². The second-order valence-electron chi connectivity index (χ2n) is 8.07. The minimum absolute atomic E-state index is 0.131. The number of piperidine rings is 1. The Morgan fingerprint density at radius 3 is 2.76 bits per heavy atom. The highest BCUT2D eigenvalue weighted by atomic mass is 16.5. The van der Waals surface area contributed by atoms with Crippen molar-refractivity contribution in [1.82, 2.24) is 15.2 Å². The largest absolute Gasteiger partial charge is 0.490 e. The second kappa shape index (κ2) is 6.85. The molecule has 2 aliphatic carbocycles. The summed E-state index contributed by atoms with van der Waals surface area (Å²) in [5.74, 6) is 0.912. The first-order valence-corrected chi connectivity index (χ1v) is 9.79. The number of hydrogen-bond donors (Lipinski definition) is 1. The molecule has 5 nitrogen and oxygen atoms in total. The van der Waals surface area contributed by atoms with Gasteiger partial charge in [-0.3, -0.25) is 4.98 Å². The lowest BCUT2D eigenvalue weighted by molar-refractivity contribution is 0.109. The number of amides is 2. The SMILES string of the molecule is Cc1cnccc1OC1CCN(C(=O)NC2CC23CCCCC3)CC1. The monoisotopic (exact) mass is 343 g/mol. The fraction of sp³-hybridized carbons (Fsp3) is 0.700. The number of pyridine rings is 1. The predicted octanol–water partition coefficient (Wildman–Crippen LogP) is 3.67. The van der Waals surface area contributed by atoms with Crippen molar-refractivity contribution in [3.8, 4) is 5.75 Å². The zero-order chi connectivity index (χ0) is 17.3. The summed E-state index contributed by atoms with van der Waals surface area (Å²) in [7, 11) is 0. The van der Waals surface area contributed by atoms with Crippen LogP contribution in [0.15, 0.2) is 18.5 Å². The number of aryl methyl sites for hydroxylation is 1. The molecule has 1 saturated heterocycles. The molecule has 5 heteroatoms. The van der Waals surface area contributed by atoms with Crippen LogP contribution in [0.25, 0.3) is 0 Å². The van der Waals surface area contributed by atoms with Crippen LogP contribution in [0, 0.1) is 12.3 Å². The summed E-state index contributed by atoms with van der Waals surface area (Å²) < 4.78 is 6.10. The number of nitrogens with one attached hydrogen (secondary N) is 1. The van der Waals surface area contributed by atoms with Crippen LogP contribution in [0.3, 0.4) is 0 Å². The Labute approximate surface area is 150 Å². The first-order chi connectivity index (χ1) is 12.2. The molecule has 136 valence electrons. The molecule has 3 fully saturated rings. The summed E-state index contributed by atoms with van der Waals surface area (Å²) in [6.45, 7) is 3.57. The summed E-state index contributed by atoms with van der Waals surface area (Å²) in [5.41, 5.74) is 1.52. The van der Waals surface area contributed by atoms with Gasteiger partial charge in [0.15, 0.2) is 0 Å². The van der Waals surface area contributed by atoms with E-state index in [9.17, 15) is 4.79 Å². The van der Waals surface area contributed by atoms with Crippen molar-refractivity contribution in [3.05, 3.63) is 24.0 Å². The molecule has 3 aliphatic rings. The summed E-state index contributed by atoms with van der Waals surface area (Å²) in [4.78, 5) is 18.6. The van der Waals surface area contributed by atoms with Crippen molar-refractivity contribution >= 4 is 6.03 Å². The molecule has 1 unspecified atom stereocenters. The van der Waals surface area contributed by atoms with Crippen LogP contribution in [0.1, 0.15) is 56.9 Å². The fourth-order valence-corrected chi connectivity index (χ4v) is 4.55. The third kappa shape index (κ3) is 3.60. The summed E-state index contributed by atoms with van der Waals surface area (Å²) in [5, 5.41) is 3.30. The van der Waals surface area contributed by atoms with Gasteiger partial charge in [0.05, 0.1) is 0 Å². The van der Waals surface area contributed by atoms with Crippen molar-refractivity contribution in [2.75, 3.05) is 13.1 Å². The van der Waals surface area contributed by atoms with Gasteiger partial charge in [0.1, 0.15) is 11.9 Å². The maximum Gasteiger partial charge on any atom is 0.317 e. The number of urea groups is 1. The van der Waals surface area contributed by atoms with Crippen LogP contribution in [0.5, 0.6) is 5.75 Å². The van der Waals surface area contributed by atoms with E-state index in [0.717, 1.165) is 37.2 Å². The molecular formula is C20H29N3O2. The second-order valence-corrected chi connectivity index (χ2v) is 8.07. The molecule has 1 aromatic rings. The van der Waals surface area contributed by atoms with Crippen molar-refractivity contribution < 1.29 is 9.53 Å². The first-order valence-electron chi connectivity index (χ1n) is 9.79. The molecule has 1 spiro atoms. The number of likely N-dealkylation sites (tertiary alicyclic amines) is 1. The van der Waals surface area contributed by atoms with Crippen LogP contribution >= 0.6 is 0 Å². The number of rotatable bonds is 3. The van der Waals surface area contributed by atoms with Crippen LogP contribution < -0.4 is 10.1 Å². The van der Waals surface area contributed by atoms with Crippen molar-refractivity contribution in [3.63, 3.8) is 0 Å². The zero-order valence-electron chi connectivity index (χ0n) is 15.2. The summed E-state index contributed by atoms with van der Waals surface area (Å²) >= 11 is 0. The van der Waals surface area contributed by atoms with Gasteiger partial charge in [-0.1, -0.05) is 19.3 Å². The normalized spacial score (nSPS) is 25.6. The van der Waals surface area contributed by atoms with E-state index in [4.69, 9.17) is 4.74 Å². The maximum absolute atomic E-state index is 12.6. The van der Waals surface area contributed by atoms with Crippen molar-refractivity contribution in [1.29, 1.82) is 0 Å². The number of ether oxygens (including phenoxy) is 1. The smallest absolute Gasteiger partial charge is 0.317 e. The Balaban J connectivity index is 1.23. The molecule has 4 rings (SSSR count). The van der Waals surface area contributed by atoms with Crippen LogP contribution in [0.2, 0.25) is 0 Å². The van der Waals surface area contributed by atoms with E-state index < -0.39 is 0 Å². The Hall–Kier alpha value is -1.78. The Kier molecular flexibility index (Phi) is 4.57. The van der Waals surface area contributed by atoms with E-state index in [1.54, 1.807) is 6.20 Å². The molecule has 1 aliphatic heterocycles. The topological polar surface area (TPSA) is 54.5 Å². The average Bonchev–Trinajstić information content (AvgIpc) is 3.28. The summed E-state index contributed by atoms with van der Waals surface area (Å²) in [6, 6.07) is 2.48. The minimum Gasteiger partial charge on any atom is -0.490 e. The summed E-state index contributed by atoms with van der Waals surface area (Å²) in [6.07, 6.45) is 13.4. The highest BCUT2D eigenvalue weighted by Crippen LogP contribution is 2.56. The van der Waals surface area contributed by atoms with Crippen molar-refractivity contribution in [2.45, 2.75) is 70.4 Å². The molecule has 1 aromatic heterocycles. The van der Waals surface area contributed by atoms with E-state index in [2.05, 4.69) is 10.3 Å². The molecule has 1 N–H and O–H groups in total. The van der Waals surface area contributed by atoms with Gasteiger partial charge in [-0.15, -0.1) is 0 Å². The minimum atomic E-state index is 0.131. The molecular weight excluding hydrogens is 314 g/mol. The van der Waals surface area contributed by atoms with E-state index in [0.29, 0.717) is 11.5 Å². The van der Waals surface area contributed by atoms with Gasteiger partial charge in [-0.25, -0.2) is 4.79 Å². The lowest BCUT2D eigenvalue weighted by Gasteiger charge is -2.33. The molecule has 2 heterocycles. The molecule has 0 aromatic carbocycles. The average molecular weight is 343 g/mol. The molecule has 25 heavy (non-hydrogen) atoms. The van der Waals surface area contributed by atoms with Gasteiger partial charge in [0, 0.05) is 49.9 Å². The molecule has 2 amide bonds. The third-order valence-electron chi connectivity index (χ3n) is 6.33. The standard InChI is InChI=1S/C20H29N3O2/c1-15-14-21-10-5-17(15)25-16-6-11-23(12-7-16)19(24)22-18-13-20(18)8-3-2-4-9-20/h5,10,14,16,18H,2-4,6-9,11-13H2,1H3,(H,22,24).